The minimum absolute atomic E-state index is 0.111. The van der Waals surface area contributed by atoms with Gasteiger partial charge in [-0.05, 0) is 79.0 Å². The smallest absolute Gasteiger partial charge is 0.308 e. The van der Waals surface area contributed by atoms with Crippen LogP contribution in [0.1, 0.15) is 49.8 Å². The van der Waals surface area contributed by atoms with Crippen molar-refractivity contribution in [1.29, 1.82) is 0 Å². The second-order valence-electron chi connectivity index (χ2n) is 11.2. The number of methoxy groups -OCH3 is 4. The van der Waals surface area contributed by atoms with E-state index < -0.39 is 12.1 Å². The van der Waals surface area contributed by atoms with Crippen molar-refractivity contribution in [3.05, 3.63) is 45.6 Å². The van der Waals surface area contributed by atoms with Gasteiger partial charge in [0.25, 0.3) is 0 Å². The summed E-state index contributed by atoms with van der Waals surface area (Å²) in [6.07, 6.45) is 4.68. The molecule has 0 aromatic heterocycles. The molecule has 11 nitrogen and oxygen atoms in total. The molecule has 12 heteroatoms. The van der Waals surface area contributed by atoms with Crippen LogP contribution in [0.3, 0.4) is 0 Å². The van der Waals surface area contributed by atoms with E-state index in [-0.39, 0.29) is 34.8 Å². The first-order chi connectivity index (χ1) is 21.7. The van der Waals surface area contributed by atoms with Crippen molar-refractivity contribution in [2.75, 3.05) is 58.9 Å². The number of benzene rings is 1. The molecule has 2 N–H and O–H groups in total. The molecule has 2 aliphatic rings. The molecule has 1 aliphatic carbocycles. The quantitative estimate of drug-likeness (QED) is 0.349. The number of aryl methyl sites for hydroxylation is 1. The third kappa shape index (κ3) is 7.49. The van der Waals surface area contributed by atoms with Crippen LogP contribution < -0.4 is 30.3 Å². The summed E-state index contributed by atoms with van der Waals surface area (Å²) in [4.78, 5) is 53.6. The number of fused-ring (bicyclic) bond motifs is 3. The number of esters is 1. The Morgan fingerprint density at radius 2 is 1.71 bits per heavy atom. The summed E-state index contributed by atoms with van der Waals surface area (Å²) in [5, 5.41) is 6.28. The van der Waals surface area contributed by atoms with E-state index in [4.69, 9.17) is 18.9 Å². The van der Waals surface area contributed by atoms with E-state index in [0.717, 1.165) is 11.1 Å². The normalized spacial score (nSPS) is 16.8. The fourth-order valence-corrected chi connectivity index (χ4v) is 6.70. The number of piperidine rings is 1. The zero-order chi connectivity index (χ0) is 32.7. The molecule has 0 unspecified atom stereocenters. The van der Waals surface area contributed by atoms with Gasteiger partial charge in [0.1, 0.15) is 6.04 Å². The largest absolute Gasteiger partial charge is 0.493 e. The van der Waals surface area contributed by atoms with Crippen LogP contribution in [0.4, 0.5) is 5.69 Å². The van der Waals surface area contributed by atoms with Gasteiger partial charge in [0.15, 0.2) is 11.5 Å². The monoisotopic (exact) mass is 641 g/mol. The molecule has 0 saturated carbocycles. The summed E-state index contributed by atoms with van der Waals surface area (Å²) in [6.45, 7) is 2.34. The van der Waals surface area contributed by atoms with E-state index in [2.05, 4.69) is 10.6 Å². The Morgan fingerprint density at radius 1 is 1.00 bits per heavy atom. The number of anilines is 1. The van der Waals surface area contributed by atoms with Crippen molar-refractivity contribution in [1.82, 2.24) is 10.2 Å². The highest BCUT2D eigenvalue weighted by Crippen LogP contribution is 2.50. The van der Waals surface area contributed by atoms with E-state index >= 15 is 0 Å². The molecule has 2 atom stereocenters. The predicted molar refractivity (Wildman–Crippen MR) is 174 cm³/mol. The highest BCUT2D eigenvalue weighted by Gasteiger charge is 2.33. The van der Waals surface area contributed by atoms with Crippen LogP contribution in [-0.4, -0.2) is 82.3 Å². The van der Waals surface area contributed by atoms with E-state index in [1.165, 1.54) is 21.1 Å². The number of nitrogens with one attached hydrogen (secondary N) is 2. The van der Waals surface area contributed by atoms with Gasteiger partial charge in [-0.15, -0.1) is 0 Å². The third-order valence-corrected chi connectivity index (χ3v) is 9.14. The molecule has 0 bridgehead atoms. The number of rotatable bonds is 11. The number of likely N-dealkylation sites (tertiary alicyclic amines) is 1. The average Bonchev–Trinajstić information content (AvgIpc) is 3.29. The first-order valence-corrected chi connectivity index (χ1v) is 16.5. The zero-order valence-corrected chi connectivity index (χ0v) is 27.6. The fraction of sp³-hybridized carbons (Fsp3) is 0.515. The van der Waals surface area contributed by atoms with Gasteiger partial charge in [-0.1, -0.05) is 6.07 Å². The minimum Gasteiger partial charge on any atom is -0.493 e. The minimum atomic E-state index is -0.639. The Hall–Kier alpha value is -3.93. The molecule has 244 valence electrons. The maximum atomic E-state index is 13.9. The standard InChI is InChI=1S/C33H43N3O8S/c1-19(37)34-24-9-7-21-17-28(41-2)30(42-3)31(43-4)29(21)22-8-10-25(27(38)18-23(22)24)35-26(13-16-45-6)32(39)36-14-11-20(12-15-36)33(40)44-5/h8,10,17-18,20,24,26H,7,9,11-16H2,1-6H3,(H,34,37)(H,35,38)/t24-,26-/m0/s1. The molecule has 45 heavy (non-hydrogen) atoms. The van der Waals surface area contributed by atoms with Crippen LogP contribution in [0.5, 0.6) is 17.2 Å². The summed E-state index contributed by atoms with van der Waals surface area (Å²) in [5.41, 5.74) is 3.00. The van der Waals surface area contributed by atoms with Crippen molar-refractivity contribution in [3.8, 4) is 28.4 Å². The van der Waals surface area contributed by atoms with Gasteiger partial charge in [0, 0.05) is 25.6 Å². The Kier molecular flexibility index (Phi) is 11.6. The van der Waals surface area contributed by atoms with Gasteiger partial charge in [-0.3, -0.25) is 19.2 Å². The first-order valence-electron chi connectivity index (χ1n) is 15.1. The highest BCUT2D eigenvalue weighted by molar-refractivity contribution is 7.98. The number of hydrogen-bond acceptors (Lipinski definition) is 10. The molecule has 1 fully saturated rings. The Balaban J connectivity index is 1.77. The topological polar surface area (TPSA) is 132 Å². The maximum Gasteiger partial charge on any atom is 0.308 e. The lowest BCUT2D eigenvalue weighted by Crippen LogP contribution is -2.48. The number of carbonyl (C=O) groups is 3. The van der Waals surface area contributed by atoms with Crippen molar-refractivity contribution in [2.45, 2.75) is 51.1 Å². The second-order valence-corrected chi connectivity index (χ2v) is 12.2. The average molecular weight is 642 g/mol. The molecule has 2 amide bonds. The van der Waals surface area contributed by atoms with Gasteiger partial charge in [-0.25, -0.2) is 0 Å². The summed E-state index contributed by atoms with van der Waals surface area (Å²) < 4.78 is 22.0. The van der Waals surface area contributed by atoms with Crippen molar-refractivity contribution >= 4 is 35.2 Å². The SMILES string of the molecule is COC(=O)C1CCN(C(=O)[C@H](CCSC)Nc2ccc3c(cc2=O)[C@@H](NC(C)=O)CCc2cc(OC)c(OC)c(OC)c2-3)CC1. The predicted octanol–water partition coefficient (Wildman–Crippen LogP) is 3.81. The Bertz CT molecular complexity index is 1470. The van der Waals surface area contributed by atoms with Crippen molar-refractivity contribution in [2.24, 2.45) is 5.92 Å². The maximum absolute atomic E-state index is 13.9. The Labute approximate surface area is 268 Å². The van der Waals surface area contributed by atoms with Crippen LogP contribution in [0.2, 0.25) is 0 Å². The summed E-state index contributed by atoms with van der Waals surface area (Å²) in [6, 6.07) is 5.90. The van der Waals surface area contributed by atoms with E-state index in [1.54, 1.807) is 43.0 Å². The molecule has 4 rings (SSSR count). The lowest BCUT2D eigenvalue weighted by atomic mass is 9.95. The number of carbonyl (C=O) groups excluding carboxylic acids is 3. The number of hydrogen-bond donors (Lipinski definition) is 2. The molecular formula is C33H43N3O8S. The van der Waals surface area contributed by atoms with Crippen LogP contribution in [0.25, 0.3) is 11.1 Å². The number of nitrogens with zero attached hydrogens (tertiary/aromatic N) is 1. The van der Waals surface area contributed by atoms with Crippen molar-refractivity contribution in [3.63, 3.8) is 0 Å². The Morgan fingerprint density at radius 3 is 2.31 bits per heavy atom. The number of amides is 2. The number of ether oxygens (including phenoxy) is 4. The molecule has 2 aromatic carbocycles. The molecule has 0 spiro atoms. The second kappa shape index (κ2) is 15.4. The molecule has 2 aromatic rings. The first kappa shape index (κ1) is 34.0. The van der Waals surface area contributed by atoms with Crippen LogP contribution >= 0.6 is 11.8 Å². The zero-order valence-electron chi connectivity index (χ0n) is 26.8. The van der Waals surface area contributed by atoms with E-state index in [9.17, 15) is 19.2 Å². The van der Waals surface area contributed by atoms with Crippen molar-refractivity contribution < 1.29 is 33.3 Å². The number of thioether (sulfide) groups is 1. The van der Waals surface area contributed by atoms with Crippen LogP contribution in [0, 0.1) is 5.92 Å². The van der Waals surface area contributed by atoms with Gasteiger partial charge >= 0.3 is 5.97 Å². The molecular weight excluding hydrogens is 598 g/mol. The van der Waals surface area contributed by atoms with E-state index in [0.29, 0.717) is 79.3 Å². The van der Waals surface area contributed by atoms with Crippen LogP contribution in [0.15, 0.2) is 29.1 Å². The summed E-state index contributed by atoms with van der Waals surface area (Å²) in [5.74, 6) is 1.33. The van der Waals surface area contributed by atoms with Gasteiger partial charge in [0.2, 0.25) is 23.0 Å². The van der Waals surface area contributed by atoms with Gasteiger partial charge < -0.3 is 34.5 Å². The fourth-order valence-electron chi connectivity index (χ4n) is 6.23. The molecule has 1 heterocycles. The van der Waals surface area contributed by atoms with Gasteiger partial charge in [0.05, 0.1) is 46.1 Å². The van der Waals surface area contributed by atoms with Gasteiger partial charge in [-0.2, -0.15) is 11.8 Å². The summed E-state index contributed by atoms with van der Waals surface area (Å²) in [7, 11) is 6.03. The van der Waals surface area contributed by atoms with Crippen LogP contribution in [-0.2, 0) is 25.5 Å². The molecule has 0 radical (unpaired) electrons. The highest BCUT2D eigenvalue weighted by atomic mass is 32.2. The lowest BCUT2D eigenvalue weighted by molar-refractivity contribution is -0.149. The third-order valence-electron chi connectivity index (χ3n) is 8.50. The lowest BCUT2D eigenvalue weighted by Gasteiger charge is -2.33. The van der Waals surface area contributed by atoms with E-state index in [1.807, 2.05) is 18.4 Å². The molecule has 1 saturated heterocycles. The summed E-state index contributed by atoms with van der Waals surface area (Å²) >= 11 is 1.62. The molecule has 1 aliphatic heterocycles.